The Hall–Kier alpha value is -2.54. The lowest BCUT2D eigenvalue weighted by atomic mass is 10.3. The molecule has 3 aromatic rings. The van der Waals surface area contributed by atoms with Gasteiger partial charge in [-0.1, -0.05) is 11.6 Å². The molecule has 7 nitrogen and oxygen atoms in total. The predicted molar refractivity (Wildman–Crippen MR) is 73.9 cm³/mol. The molecule has 0 saturated heterocycles. The Bertz CT molecular complexity index is 835. The highest BCUT2D eigenvalue weighted by Crippen LogP contribution is 2.18. The van der Waals surface area contributed by atoms with Gasteiger partial charge in [-0.05, 0) is 12.1 Å². The van der Waals surface area contributed by atoms with Crippen molar-refractivity contribution in [2.75, 3.05) is 0 Å². The van der Waals surface area contributed by atoms with Crippen molar-refractivity contribution >= 4 is 28.7 Å². The van der Waals surface area contributed by atoms with Crippen LogP contribution in [0.1, 0.15) is 5.69 Å². The van der Waals surface area contributed by atoms with E-state index in [4.69, 9.17) is 20.8 Å². The number of rotatable bonds is 4. The van der Waals surface area contributed by atoms with Crippen LogP contribution in [-0.4, -0.2) is 20.5 Å². The maximum Gasteiger partial charge on any atom is 0.420 e. The molecule has 0 fully saturated rings. The highest BCUT2D eigenvalue weighted by atomic mass is 35.5. The molecule has 0 aliphatic rings. The third kappa shape index (κ3) is 2.82. The fraction of sp³-hybridized carbons (Fsp3) is 0.154. The smallest absolute Gasteiger partial charge is 0.420 e. The molecule has 8 heteroatoms. The first-order valence-corrected chi connectivity index (χ1v) is 6.43. The molecule has 21 heavy (non-hydrogen) atoms. The van der Waals surface area contributed by atoms with Crippen LogP contribution in [-0.2, 0) is 22.7 Å². The number of ether oxygens (including phenoxy) is 1. The molecule has 0 atom stereocenters. The number of carbonyl (C=O) groups excluding carboxylic acids is 1. The van der Waals surface area contributed by atoms with Gasteiger partial charge in [0.15, 0.2) is 5.58 Å². The second-order valence-electron chi connectivity index (χ2n) is 4.30. The van der Waals surface area contributed by atoms with Gasteiger partial charge in [-0.2, -0.15) is 0 Å². The number of esters is 1. The molecule has 1 aromatic carbocycles. The number of imidazole rings is 1. The molecule has 0 unspecified atom stereocenters. The molecule has 0 bridgehead atoms. The summed E-state index contributed by atoms with van der Waals surface area (Å²) in [6.07, 6.45) is 3.04. The zero-order chi connectivity index (χ0) is 14.8. The number of oxazole rings is 1. The molecule has 0 radical (unpaired) electrons. The molecule has 0 saturated carbocycles. The summed E-state index contributed by atoms with van der Waals surface area (Å²) < 4.78 is 11.3. The molecule has 0 aliphatic carbocycles. The SMILES string of the molecule is O=C(Cn1c(=O)oc2cc(Cl)ccc21)OCc1cnc[nH]1. The maximum absolute atomic E-state index is 11.8. The van der Waals surface area contributed by atoms with E-state index in [9.17, 15) is 9.59 Å². The van der Waals surface area contributed by atoms with Crippen LogP contribution in [0.5, 0.6) is 0 Å². The van der Waals surface area contributed by atoms with E-state index in [1.54, 1.807) is 18.3 Å². The minimum Gasteiger partial charge on any atom is -0.458 e. The van der Waals surface area contributed by atoms with Crippen molar-refractivity contribution in [2.24, 2.45) is 0 Å². The molecule has 2 aromatic heterocycles. The van der Waals surface area contributed by atoms with Crippen LogP contribution in [0.15, 0.2) is 39.9 Å². The third-order valence-corrected chi connectivity index (χ3v) is 3.10. The van der Waals surface area contributed by atoms with Crippen LogP contribution in [0.3, 0.4) is 0 Å². The monoisotopic (exact) mass is 307 g/mol. The van der Waals surface area contributed by atoms with Crippen molar-refractivity contribution < 1.29 is 13.9 Å². The largest absolute Gasteiger partial charge is 0.458 e. The van der Waals surface area contributed by atoms with Crippen molar-refractivity contribution in [1.82, 2.24) is 14.5 Å². The molecule has 2 heterocycles. The Labute approximate surface area is 123 Å². The fourth-order valence-electron chi connectivity index (χ4n) is 1.89. The minimum atomic E-state index is -0.634. The Morgan fingerprint density at radius 3 is 3.10 bits per heavy atom. The van der Waals surface area contributed by atoms with Crippen LogP contribution in [0.4, 0.5) is 0 Å². The van der Waals surface area contributed by atoms with Crippen LogP contribution in [0, 0.1) is 0 Å². The Morgan fingerprint density at radius 1 is 1.48 bits per heavy atom. The van der Waals surface area contributed by atoms with Crippen molar-refractivity contribution in [2.45, 2.75) is 13.2 Å². The highest BCUT2D eigenvalue weighted by Gasteiger charge is 2.14. The van der Waals surface area contributed by atoms with E-state index in [0.29, 0.717) is 21.8 Å². The molecule has 1 N–H and O–H groups in total. The lowest BCUT2D eigenvalue weighted by molar-refractivity contribution is -0.145. The first-order chi connectivity index (χ1) is 10.1. The summed E-state index contributed by atoms with van der Waals surface area (Å²) in [6.45, 7) is -0.170. The summed E-state index contributed by atoms with van der Waals surface area (Å²) in [5.74, 6) is -1.19. The van der Waals surface area contributed by atoms with Crippen LogP contribution >= 0.6 is 11.6 Å². The van der Waals surface area contributed by atoms with Crippen LogP contribution in [0.2, 0.25) is 5.02 Å². The molecular formula is C13H10ClN3O4. The maximum atomic E-state index is 11.8. The lowest BCUT2D eigenvalue weighted by Gasteiger charge is -2.03. The number of hydrogen-bond acceptors (Lipinski definition) is 5. The van der Waals surface area contributed by atoms with Gasteiger partial charge in [0.25, 0.3) is 0 Å². The molecule has 3 rings (SSSR count). The predicted octanol–water partition coefficient (Wildman–Crippen LogP) is 1.71. The Balaban J connectivity index is 1.76. The highest BCUT2D eigenvalue weighted by molar-refractivity contribution is 6.31. The Morgan fingerprint density at radius 2 is 2.33 bits per heavy atom. The topological polar surface area (TPSA) is 90.1 Å². The van der Waals surface area contributed by atoms with Gasteiger partial charge in [0.1, 0.15) is 13.2 Å². The second kappa shape index (κ2) is 5.45. The van der Waals surface area contributed by atoms with Crippen molar-refractivity contribution in [3.8, 4) is 0 Å². The number of carbonyl (C=O) groups is 1. The van der Waals surface area contributed by atoms with E-state index in [-0.39, 0.29) is 13.2 Å². The summed E-state index contributed by atoms with van der Waals surface area (Å²) in [5.41, 5.74) is 1.48. The number of H-pyrrole nitrogens is 1. The molecule has 0 spiro atoms. The van der Waals surface area contributed by atoms with E-state index in [0.717, 1.165) is 0 Å². The zero-order valence-corrected chi connectivity index (χ0v) is 11.5. The normalized spacial score (nSPS) is 10.9. The number of nitrogens with zero attached hydrogens (tertiary/aromatic N) is 2. The first-order valence-electron chi connectivity index (χ1n) is 6.05. The first kappa shape index (κ1) is 13.4. The number of benzene rings is 1. The van der Waals surface area contributed by atoms with Gasteiger partial charge in [0.2, 0.25) is 0 Å². The van der Waals surface area contributed by atoms with E-state index >= 15 is 0 Å². The van der Waals surface area contributed by atoms with Gasteiger partial charge in [-0.25, -0.2) is 9.78 Å². The van der Waals surface area contributed by atoms with E-state index < -0.39 is 11.7 Å². The van der Waals surface area contributed by atoms with Gasteiger partial charge >= 0.3 is 11.7 Å². The summed E-state index contributed by atoms with van der Waals surface area (Å²) >= 11 is 5.82. The standard InChI is InChI=1S/C13H10ClN3O4/c14-8-1-2-10-11(3-8)21-13(19)17(10)5-12(18)20-6-9-4-15-7-16-9/h1-4,7H,5-6H2,(H,15,16). The van der Waals surface area contributed by atoms with E-state index in [2.05, 4.69) is 9.97 Å². The van der Waals surface area contributed by atoms with Gasteiger partial charge < -0.3 is 14.1 Å². The van der Waals surface area contributed by atoms with Gasteiger partial charge in [0.05, 0.1) is 23.7 Å². The Kier molecular flexibility index (Phi) is 3.49. The van der Waals surface area contributed by atoms with E-state index in [1.807, 2.05) is 0 Å². The quantitative estimate of drug-likeness (QED) is 0.741. The van der Waals surface area contributed by atoms with Gasteiger partial charge in [-0.15, -0.1) is 0 Å². The number of nitrogens with one attached hydrogen (secondary N) is 1. The number of fused-ring (bicyclic) bond motifs is 1. The van der Waals surface area contributed by atoms with E-state index in [1.165, 1.54) is 17.0 Å². The molecule has 108 valence electrons. The van der Waals surface area contributed by atoms with Crippen LogP contribution < -0.4 is 5.76 Å². The zero-order valence-electron chi connectivity index (χ0n) is 10.7. The second-order valence-corrected chi connectivity index (χ2v) is 4.74. The summed E-state index contributed by atoms with van der Waals surface area (Å²) in [7, 11) is 0. The molecule has 0 aliphatic heterocycles. The fourth-order valence-corrected chi connectivity index (χ4v) is 2.05. The number of aromatic nitrogens is 3. The van der Waals surface area contributed by atoms with Crippen molar-refractivity contribution in [1.29, 1.82) is 0 Å². The van der Waals surface area contributed by atoms with Crippen LogP contribution in [0.25, 0.3) is 11.1 Å². The summed E-state index contributed by atoms with van der Waals surface area (Å²) in [5, 5.41) is 0.449. The third-order valence-electron chi connectivity index (χ3n) is 2.86. The lowest BCUT2D eigenvalue weighted by Crippen LogP contribution is -2.21. The average Bonchev–Trinajstić information content (AvgIpc) is 3.05. The van der Waals surface area contributed by atoms with Gasteiger partial charge in [0, 0.05) is 11.1 Å². The average molecular weight is 308 g/mol. The number of aromatic amines is 1. The number of halogens is 1. The van der Waals surface area contributed by atoms with Crippen molar-refractivity contribution in [3.05, 3.63) is 52.0 Å². The summed E-state index contributed by atoms with van der Waals surface area (Å²) in [4.78, 5) is 30.2. The molecular weight excluding hydrogens is 298 g/mol. The van der Waals surface area contributed by atoms with Crippen molar-refractivity contribution in [3.63, 3.8) is 0 Å². The summed E-state index contributed by atoms with van der Waals surface area (Å²) in [6, 6.07) is 4.75. The molecule has 0 amide bonds. The number of hydrogen-bond donors (Lipinski definition) is 1. The minimum absolute atomic E-state index is 0.0647. The van der Waals surface area contributed by atoms with Gasteiger partial charge in [-0.3, -0.25) is 9.36 Å².